The van der Waals surface area contributed by atoms with Gasteiger partial charge in [-0.1, -0.05) is 18.2 Å². The third kappa shape index (κ3) is 3.65. The first-order valence-electron chi connectivity index (χ1n) is 6.64. The Labute approximate surface area is 134 Å². The van der Waals surface area contributed by atoms with Crippen molar-refractivity contribution in [2.75, 3.05) is 5.32 Å². The minimum atomic E-state index is -3.64. The molecule has 2 aromatic rings. The molecule has 1 aliphatic heterocycles. The first-order chi connectivity index (χ1) is 11.0. The van der Waals surface area contributed by atoms with Crippen molar-refractivity contribution >= 4 is 34.1 Å². The lowest BCUT2D eigenvalue weighted by atomic mass is 10.2. The van der Waals surface area contributed by atoms with Gasteiger partial charge < -0.3 is 9.73 Å². The van der Waals surface area contributed by atoms with Crippen molar-refractivity contribution in [3.8, 4) is 0 Å². The summed E-state index contributed by atoms with van der Waals surface area (Å²) in [7, 11) is 0. The van der Waals surface area contributed by atoms with Crippen LogP contribution in [-0.4, -0.2) is 21.9 Å². The molecule has 0 bridgehead atoms. The summed E-state index contributed by atoms with van der Waals surface area (Å²) in [4.78, 5) is 11.7. The molecule has 1 aliphatic rings. The highest BCUT2D eigenvalue weighted by molar-refractivity contribution is 8.15. The zero-order valence-electron chi connectivity index (χ0n) is 11.7. The second-order valence-electron chi connectivity index (χ2n) is 4.67. The van der Waals surface area contributed by atoms with Crippen LogP contribution in [0, 0.1) is 0 Å². The standard InChI is InChI=1S/C15H11F2N3O2S/c16-15(17,14(21)18-11-4-2-1-3-5-11)23-13-8-12(19-20-13)10-6-7-22-9-10/h1-7,9H,8H2,(H,18,21). The van der Waals surface area contributed by atoms with E-state index in [9.17, 15) is 13.6 Å². The molecule has 1 N–H and O–H groups in total. The zero-order valence-corrected chi connectivity index (χ0v) is 12.5. The monoisotopic (exact) mass is 335 g/mol. The lowest BCUT2D eigenvalue weighted by Crippen LogP contribution is -2.32. The van der Waals surface area contributed by atoms with Gasteiger partial charge in [0.2, 0.25) is 0 Å². The molecule has 118 valence electrons. The number of alkyl halides is 2. The highest BCUT2D eigenvalue weighted by Crippen LogP contribution is 2.34. The van der Waals surface area contributed by atoms with Gasteiger partial charge in [0.05, 0.1) is 18.2 Å². The quantitative estimate of drug-likeness (QED) is 0.925. The summed E-state index contributed by atoms with van der Waals surface area (Å²) in [6, 6.07) is 9.75. The number of nitrogens with zero attached hydrogens (tertiary/aromatic N) is 2. The lowest BCUT2D eigenvalue weighted by molar-refractivity contribution is -0.129. The number of anilines is 1. The summed E-state index contributed by atoms with van der Waals surface area (Å²) in [5.74, 6) is -1.40. The zero-order chi connectivity index (χ0) is 16.3. The SMILES string of the molecule is O=C(Nc1ccccc1)C(F)(F)SC1=NN=C(c2ccoc2)C1. The fourth-order valence-electron chi connectivity index (χ4n) is 1.89. The van der Waals surface area contributed by atoms with E-state index in [2.05, 4.69) is 15.5 Å². The Hall–Kier alpha value is -2.48. The molecule has 0 saturated carbocycles. The molecule has 1 amide bonds. The maximum atomic E-state index is 14.0. The first kappa shape index (κ1) is 15.4. The highest BCUT2D eigenvalue weighted by Gasteiger charge is 2.42. The van der Waals surface area contributed by atoms with Crippen LogP contribution >= 0.6 is 11.8 Å². The summed E-state index contributed by atoms with van der Waals surface area (Å²) in [5, 5.41) is 6.17. The molecular formula is C15H11F2N3O2S. The van der Waals surface area contributed by atoms with E-state index in [4.69, 9.17) is 4.42 Å². The number of hydrogen-bond acceptors (Lipinski definition) is 5. The van der Waals surface area contributed by atoms with Gasteiger partial charge in [0, 0.05) is 17.7 Å². The minimum Gasteiger partial charge on any atom is -0.472 e. The summed E-state index contributed by atoms with van der Waals surface area (Å²) in [5.41, 5.74) is 1.52. The summed E-state index contributed by atoms with van der Waals surface area (Å²) < 4.78 is 33.0. The van der Waals surface area contributed by atoms with Crippen molar-refractivity contribution in [3.63, 3.8) is 0 Å². The number of furan rings is 1. The fourth-order valence-corrected chi connectivity index (χ4v) is 2.62. The molecule has 2 heterocycles. The largest absolute Gasteiger partial charge is 0.472 e. The Morgan fingerprint density at radius 2 is 2.00 bits per heavy atom. The molecule has 8 heteroatoms. The van der Waals surface area contributed by atoms with Crippen molar-refractivity contribution in [1.29, 1.82) is 0 Å². The Morgan fingerprint density at radius 1 is 1.22 bits per heavy atom. The maximum Gasteiger partial charge on any atom is 0.376 e. The second kappa shape index (κ2) is 6.33. The van der Waals surface area contributed by atoms with Gasteiger partial charge in [0.15, 0.2) is 0 Å². The third-order valence-corrected chi connectivity index (χ3v) is 3.90. The van der Waals surface area contributed by atoms with E-state index in [1.54, 1.807) is 24.3 Å². The predicted molar refractivity (Wildman–Crippen MR) is 84.9 cm³/mol. The molecule has 23 heavy (non-hydrogen) atoms. The van der Waals surface area contributed by atoms with Crippen molar-refractivity contribution < 1.29 is 18.0 Å². The number of carbonyl (C=O) groups excluding carboxylic acids is 1. The third-order valence-electron chi connectivity index (χ3n) is 3.00. The average Bonchev–Trinajstić information content (AvgIpc) is 3.18. The molecule has 1 aromatic heterocycles. The molecular weight excluding hydrogens is 324 g/mol. The molecule has 0 spiro atoms. The number of amides is 1. The maximum absolute atomic E-state index is 14.0. The van der Waals surface area contributed by atoms with Crippen molar-refractivity contribution in [2.45, 2.75) is 11.7 Å². The fraction of sp³-hybridized carbons (Fsp3) is 0.133. The molecule has 0 aliphatic carbocycles. The van der Waals surface area contributed by atoms with Crippen LogP contribution in [0.1, 0.15) is 12.0 Å². The summed E-state index contributed by atoms with van der Waals surface area (Å²) in [6.45, 7) is 0. The van der Waals surface area contributed by atoms with Crippen molar-refractivity contribution in [1.82, 2.24) is 0 Å². The smallest absolute Gasteiger partial charge is 0.376 e. The van der Waals surface area contributed by atoms with Crippen LogP contribution in [-0.2, 0) is 4.79 Å². The molecule has 1 aromatic carbocycles. The topological polar surface area (TPSA) is 67.0 Å². The van der Waals surface area contributed by atoms with Gasteiger partial charge in [-0.05, 0) is 30.0 Å². The molecule has 0 saturated heterocycles. The Balaban J connectivity index is 1.60. The number of halogens is 2. The average molecular weight is 335 g/mol. The summed E-state index contributed by atoms with van der Waals surface area (Å²) in [6.07, 6.45) is 3.06. The first-order valence-corrected chi connectivity index (χ1v) is 7.45. The van der Waals surface area contributed by atoms with E-state index in [0.717, 1.165) is 0 Å². The van der Waals surface area contributed by atoms with Gasteiger partial charge in [0.1, 0.15) is 5.04 Å². The van der Waals surface area contributed by atoms with Crippen LogP contribution < -0.4 is 5.32 Å². The van der Waals surface area contributed by atoms with E-state index in [0.29, 0.717) is 17.0 Å². The number of rotatable bonds is 4. The predicted octanol–water partition coefficient (Wildman–Crippen LogP) is 3.75. The van der Waals surface area contributed by atoms with Crippen LogP contribution in [0.15, 0.2) is 63.5 Å². The molecule has 0 atom stereocenters. The van der Waals surface area contributed by atoms with E-state index in [1.807, 2.05) is 0 Å². The van der Waals surface area contributed by atoms with E-state index in [1.165, 1.54) is 24.7 Å². The number of carbonyl (C=O) groups is 1. The Morgan fingerprint density at radius 3 is 2.70 bits per heavy atom. The highest BCUT2D eigenvalue weighted by atomic mass is 32.2. The number of hydrogen-bond donors (Lipinski definition) is 1. The summed E-state index contributed by atoms with van der Waals surface area (Å²) >= 11 is 0.0973. The number of benzene rings is 1. The van der Waals surface area contributed by atoms with Gasteiger partial charge in [-0.3, -0.25) is 4.79 Å². The van der Waals surface area contributed by atoms with Crippen molar-refractivity contribution in [3.05, 3.63) is 54.5 Å². The van der Waals surface area contributed by atoms with Crippen LogP contribution in [0.25, 0.3) is 0 Å². The van der Waals surface area contributed by atoms with E-state index >= 15 is 0 Å². The van der Waals surface area contributed by atoms with Gasteiger partial charge in [-0.25, -0.2) is 0 Å². The van der Waals surface area contributed by atoms with E-state index < -0.39 is 11.2 Å². The Kier molecular flexibility index (Phi) is 4.24. The lowest BCUT2D eigenvalue weighted by Gasteiger charge is -2.15. The van der Waals surface area contributed by atoms with Crippen LogP contribution in [0.3, 0.4) is 0 Å². The van der Waals surface area contributed by atoms with E-state index in [-0.39, 0.29) is 23.2 Å². The number of nitrogens with one attached hydrogen (secondary N) is 1. The number of para-hydroxylation sites is 1. The van der Waals surface area contributed by atoms with Crippen LogP contribution in [0.4, 0.5) is 14.5 Å². The molecule has 0 unspecified atom stereocenters. The number of thioether (sulfide) groups is 1. The van der Waals surface area contributed by atoms with Crippen molar-refractivity contribution in [2.24, 2.45) is 10.2 Å². The van der Waals surface area contributed by atoms with Gasteiger partial charge in [0.25, 0.3) is 0 Å². The molecule has 5 nitrogen and oxygen atoms in total. The molecule has 3 rings (SSSR count). The molecule has 0 fully saturated rings. The Bertz CT molecular complexity index is 758. The second-order valence-corrected chi connectivity index (χ2v) is 5.86. The molecule has 0 radical (unpaired) electrons. The van der Waals surface area contributed by atoms with Gasteiger partial charge >= 0.3 is 11.2 Å². The van der Waals surface area contributed by atoms with Crippen LogP contribution in [0.5, 0.6) is 0 Å². The van der Waals surface area contributed by atoms with Crippen LogP contribution in [0.2, 0.25) is 0 Å². The normalized spacial score (nSPS) is 14.3. The minimum absolute atomic E-state index is 0.0782. The van der Waals surface area contributed by atoms with Gasteiger partial charge in [-0.2, -0.15) is 13.9 Å². The van der Waals surface area contributed by atoms with Gasteiger partial charge in [-0.15, -0.1) is 5.10 Å².